The zero-order chi connectivity index (χ0) is 12.3. The van der Waals surface area contributed by atoms with Gasteiger partial charge < -0.3 is 20.6 Å². The minimum absolute atomic E-state index is 0.0257. The average molecular weight is 231 g/mol. The summed E-state index contributed by atoms with van der Waals surface area (Å²) < 4.78 is 0. The van der Waals surface area contributed by atoms with Gasteiger partial charge in [-0.1, -0.05) is 6.07 Å². The van der Waals surface area contributed by atoms with Crippen molar-refractivity contribution in [3.63, 3.8) is 0 Å². The second-order valence-corrected chi connectivity index (χ2v) is 3.76. The van der Waals surface area contributed by atoms with Crippen LogP contribution in [0.4, 0.5) is 5.69 Å². The zero-order valence-electron chi connectivity index (χ0n) is 9.09. The van der Waals surface area contributed by atoms with Crippen LogP contribution in [0.25, 0.3) is 0 Å². The number of phenols is 3. The average Bonchev–Trinajstić information content (AvgIpc) is 2.25. The van der Waals surface area contributed by atoms with Gasteiger partial charge in [-0.25, -0.2) is 0 Å². The normalized spacial score (nSPS) is 10.1. The molecule has 0 saturated carbocycles. The van der Waals surface area contributed by atoms with Gasteiger partial charge in [-0.15, -0.1) is 0 Å². The Hall–Kier alpha value is -2.36. The van der Waals surface area contributed by atoms with Crippen LogP contribution in [0.2, 0.25) is 0 Å². The summed E-state index contributed by atoms with van der Waals surface area (Å²) in [5.41, 5.74) is 1.53. The molecule has 0 amide bonds. The van der Waals surface area contributed by atoms with E-state index >= 15 is 0 Å². The van der Waals surface area contributed by atoms with Gasteiger partial charge in [0.05, 0.1) is 0 Å². The van der Waals surface area contributed by atoms with Crippen molar-refractivity contribution < 1.29 is 15.3 Å². The highest BCUT2D eigenvalue weighted by molar-refractivity contribution is 5.48. The fourth-order valence-electron chi connectivity index (χ4n) is 1.58. The Balaban J connectivity index is 2.07. The molecule has 2 aromatic carbocycles. The number of nitrogens with one attached hydrogen (secondary N) is 1. The first-order valence-electron chi connectivity index (χ1n) is 5.18. The third kappa shape index (κ3) is 3.04. The van der Waals surface area contributed by atoms with E-state index in [2.05, 4.69) is 5.32 Å². The standard InChI is InChI=1S/C13H13NO3/c15-11-3-1-2-10(6-11)14-8-9-4-12(16)7-13(17)5-9/h1-7,14-17H,8H2. The van der Waals surface area contributed by atoms with Gasteiger partial charge in [0.25, 0.3) is 0 Å². The molecule has 0 radical (unpaired) electrons. The van der Waals surface area contributed by atoms with Crippen molar-refractivity contribution in [1.29, 1.82) is 0 Å². The summed E-state index contributed by atoms with van der Waals surface area (Å²) in [7, 11) is 0. The van der Waals surface area contributed by atoms with Crippen molar-refractivity contribution in [3.8, 4) is 17.2 Å². The highest BCUT2D eigenvalue weighted by atomic mass is 16.3. The lowest BCUT2D eigenvalue weighted by Gasteiger charge is -2.07. The maximum atomic E-state index is 9.31. The van der Waals surface area contributed by atoms with E-state index in [-0.39, 0.29) is 17.2 Å². The molecular weight excluding hydrogens is 218 g/mol. The molecule has 17 heavy (non-hydrogen) atoms. The van der Waals surface area contributed by atoms with E-state index in [1.807, 2.05) is 6.07 Å². The van der Waals surface area contributed by atoms with Gasteiger partial charge in [0.15, 0.2) is 0 Å². The third-order valence-corrected chi connectivity index (χ3v) is 2.31. The number of hydrogen-bond donors (Lipinski definition) is 4. The molecule has 4 N–H and O–H groups in total. The fraction of sp³-hybridized carbons (Fsp3) is 0.0769. The number of rotatable bonds is 3. The van der Waals surface area contributed by atoms with Gasteiger partial charge in [0, 0.05) is 24.4 Å². The van der Waals surface area contributed by atoms with Crippen LogP contribution < -0.4 is 5.32 Å². The van der Waals surface area contributed by atoms with E-state index in [0.717, 1.165) is 11.3 Å². The molecule has 4 nitrogen and oxygen atoms in total. The van der Waals surface area contributed by atoms with Gasteiger partial charge in [-0.05, 0) is 29.8 Å². The number of aromatic hydroxyl groups is 3. The molecular formula is C13H13NO3. The van der Waals surface area contributed by atoms with Crippen molar-refractivity contribution in [1.82, 2.24) is 0 Å². The minimum Gasteiger partial charge on any atom is -0.508 e. The molecule has 0 aliphatic heterocycles. The lowest BCUT2D eigenvalue weighted by molar-refractivity contribution is 0.449. The van der Waals surface area contributed by atoms with Crippen LogP contribution in [-0.4, -0.2) is 15.3 Å². The number of phenolic OH excluding ortho intramolecular Hbond substituents is 3. The quantitative estimate of drug-likeness (QED) is 0.654. The maximum Gasteiger partial charge on any atom is 0.119 e. The number of benzene rings is 2. The summed E-state index contributed by atoms with van der Waals surface area (Å²) in [4.78, 5) is 0. The summed E-state index contributed by atoms with van der Waals surface area (Å²) in [6.45, 7) is 0.450. The molecule has 0 aliphatic carbocycles. The summed E-state index contributed by atoms with van der Waals surface area (Å²) >= 11 is 0. The lowest BCUT2D eigenvalue weighted by atomic mass is 10.2. The molecule has 88 valence electrons. The summed E-state index contributed by atoms with van der Waals surface area (Å²) in [5.74, 6) is 0.240. The van der Waals surface area contributed by atoms with Gasteiger partial charge in [-0.3, -0.25) is 0 Å². The van der Waals surface area contributed by atoms with Crippen LogP contribution in [0.3, 0.4) is 0 Å². The van der Waals surface area contributed by atoms with E-state index in [0.29, 0.717) is 6.54 Å². The summed E-state index contributed by atoms with van der Waals surface area (Å²) in [5, 5.41) is 31.0. The molecule has 0 unspecified atom stereocenters. The Kier molecular flexibility index (Phi) is 3.05. The van der Waals surface area contributed by atoms with Crippen LogP contribution in [-0.2, 0) is 6.54 Å². The van der Waals surface area contributed by atoms with E-state index in [9.17, 15) is 15.3 Å². The summed E-state index contributed by atoms with van der Waals surface area (Å²) in [6, 6.07) is 11.1. The van der Waals surface area contributed by atoms with Crippen molar-refractivity contribution in [3.05, 3.63) is 48.0 Å². The van der Waals surface area contributed by atoms with Gasteiger partial charge >= 0.3 is 0 Å². The molecule has 2 rings (SSSR count). The van der Waals surface area contributed by atoms with E-state index in [1.54, 1.807) is 30.3 Å². The molecule has 0 bridgehead atoms. The first-order chi connectivity index (χ1) is 8.13. The topological polar surface area (TPSA) is 72.7 Å². The molecule has 0 heterocycles. The monoisotopic (exact) mass is 231 g/mol. The van der Waals surface area contributed by atoms with Crippen LogP contribution in [0.1, 0.15) is 5.56 Å². The van der Waals surface area contributed by atoms with E-state index in [4.69, 9.17) is 0 Å². The SMILES string of the molecule is Oc1cc(O)cc(CNc2cccc(O)c2)c1. The van der Waals surface area contributed by atoms with Crippen LogP contribution in [0, 0.1) is 0 Å². The van der Waals surface area contributed by atoms with Crippen LogP contribution >= 0.6 is 0 Å². The molecule has 0 spiro atoms. The Labute approximate surface area is 98.8 Å². The molecule has 2 aromatic rings. The van der Waals surface area contributed by atoms with Gasteiger partial charge in [-0.2, -0.15) is 0 Å². The lowest BCUT2D eigenvalue weighted by Crippen LogP contribution is -1.98. The van der Waals surface area contributed by atoms with Crippen LogP contribution in [0.15, 0.2) is 42.5 Å². The molecule has 0 aliphatic rings. The smallest absolute Gasteiger partial charge is 0.119 e. The number of anilines is 1. The Bertz CT molecular complexity index is 506. The van der Waals surface area contributed by atoms with Crippen molar-refractivity contribution in [2.75, 3.05) is 5.32 Å². The van der Waals surface area contributed by atoms with Gasteiger partial charge in [0.1, 0.15) is 17.2 Å². The minimum atomic E-state index is 0.0257. The third-order valence-electron chi connectivity index (χ3n) is 2.31. The molecule has 0 aromatic heterocycles. The second-order valence-electron chi connectivity index (χ2n) is 3.76. The largest absolute Gasteiger partial charge is 0.508 e. The molecule has 4 heteroatoms. The van der Waals surface area contributed by atoms with Crippen LogP contribution in [0.5, 0.6) is 17.2 Å². The van der Waals surface area contributed by atoms with E-state index in [1.165, 1.54) is 6.07 Å². The first-order valence-corrected chi connectivity index (χ1v) is 5.18. The summed E-state index contributed by atoms with van der Waals surface area (Å²) in [6.07, 6.45) is 0. The highest BCUT2D eigenvalue weighted by Crippen LogP contribution is 2.22. The fourth-order valence-corrected chi connectivity index (χ4v) is 1.58. The van der Waals surface area contributed by atoms with Gasteiger partial charge in [0.2, 0.25) is 0 Å². The predicted octanol–water partition coefficient (Wildman–Crippen LogP) is 2.42. The predicted molar refractivity (Wildman–Crippen MR) is 65.2 cm³/mol. The highest BCUT2D eigenvalue weighted by Gasteiger charge is 1.99. The first kappa shape index (κ1) is 11.1. The maximum absolute atomic E-state index is 9.31. The van der Waals surface area contributed by atoms with Crippen molar-refractivity contribution in [2.24, 2.45) is 0 Å². The molecule has 0 saturated heterocycles. The second kappa shape index (κ2) is 4.65. The Morgan fingerprint density at radius 3 is 2.18 bits per heavy atom. The Morgan fingerprint density at radius 1 is 0.824 bits per heavy atom. The van der Waals surface area contributed by atoms with Crippen molar-refractivity contribution in [2.45, 2.75) is 6.54 Å². The zero-order valence-corrected chi connectivity index (χ0v) is 9.09. The molecule has 0 fully saturated rings. The number of hydrogen-bond acceptors (Lipinski definition) is 4. The van der Waals surface area contributed by atoms with E-state index < -0.39 is 0 Å². The van der Waals surface area contributed by atoms with Crippen molar-refractivity contribution >= 4 is 5.69 Å². The Morgan fingerprint density at radius 2 is 1.53 bits per heavy atom. The molecule has 0 atom stereocenters.